The van der Waals surface area contributed by atoms with Crippen LogP contribution in [-0.4, -0.2) is 42.3 Å². The molecule has 0 radical (unpaired) electrons. The summed E-state index contributed by atoms with van der Waals surface area (Å²) < 4.78 is 19.2. The van der Waals surface area contributed by atoms with Gasteiger partial charge in [-0.3, -0.25) is 4.90 Å². The van der Waals surface area contributed by atoms with Gasteiger partial charge in [-0.15, -0.1) is 0 Å². The van der Waals surface area contributed by atoms with Gasteiger partial charge in [-0.05, 0) is 49.3 Å². The molecule has 3 aliphatic rings. The van der Waals surface area contributed by atoms with Crippen LogP contribution in [0, 0.1) is 11.7 Å². The maximum Gasteiger partial charge on any atom is 0.123 e. The van der Waals surface area contributed by atoms with Crippen LogP contribution in [0.4, 0.5) is 4.39 Å². The molecule has 1 saturated carbocycles. The Hall–Kier alpha value is -0.970. The summed E-state index contributed by atoms with van der Waals surface area (Å²) >= 11 is 0. The Labute approximate surface area is 138 Å². The minimum absolute atomic E-state index is 0.106. The molecule has 3 nitrogen and oxygen atoms in total. The van der Waals surface area contributed by atoms with E-state index in [1.54, 1.807) is 12.1 Å². The van der Waals surface area contributed by atoms with Crippen LogP contribution < -0.4 is 5.32 Å². The third-order valence-electron chi connectivity index (χ3n) is 5.86. The highest BCUT2D eigenvalue weighted by Gasteiger charge is 2.44. The molecule has 2 heterocycles. The van der Waals surface area contributed by atoms with E-state index in [1.165, 1.54) is 18.4 Å². The first-order valence-electron chi connectivity index (χ1n) is 8.99. The minimum atomic E-state index is -0.158. The average Bonchev–Trinajstić information content (AvgIpc) is 3.09. The molecular weight excluding hydrogens is 291 g/mol. The molecule has 1 N–H and O–H groups in total. The predicted molar refractivity (Wildman–Crippen MR) is 88.7 cm³/mol. The van der Waals surface area contributed by atoms with Crippen molar-refractivity contribution in [2.75, 3.05) is 19.7 Å². The van der Waals surface area contributed by atoms with Crippen LogP contribution in [0.1, 0.15) is 38.2 Å². The summed E-state index contributed by atoms with van der Waals surface area (Å²) in [7, 11) is 0. The number of likely N-dealkylation sites (tertiary alicyclic amines) is 1. The molecule has 0 aromatic heterocycles. The zero-order valence-electron chi connectivity index (χ0n) is 13.9. The largest absolute Gasteiger partial charge is 0.373 e. The molecule has 2 aliphatic heterocycles. The van der Waals surface area contributed by atoms with Gasteiger partial charge in [-0.2, -0.15) is 0 Å². The third kappa shape index (κ3) is 3.59. The van der Waals surface area contributed by atoms with Crippen molar-refractivity contribution in [2.24, 2.45) is 5.92 Å². The van der Waals surface area contributed by atoms with Crippen LogP contribution in [0.15, 0.2) is 24.3 Å². The van der Waals surface area contributed by atoms with E-state index in [-0.39, 0.29) is 11.4 Å². The van der Waals surface area contributed by atoms with Gasteiger partial charge in [-0.1, -0.05) is 19.1 Å². The van der Waals surface area contributed by atoms with Gasteiger partial charge >= 0.3 is 0 Å². The number of nitrogens with zero attached hydrogens (tertiary/aromatic N) is 1. The molecule has 1 aromatic carbocycles. The summed E-state index contributed by atoms with van der Waals surface area (Å²) in [5.41, 5.74) is 1.30. The monoisotopic (exact) mass is 318 g/mol. The summed E-state index contributed by atoms with van der Waals surface area (Å²) in [5.74, 6) is 0.693. The molecular formula is C19H27FN2O. The molecule has 4 rings (SSSR count). The van der Waals surface area contributed by atoms with Gasteiger partial charge in [0.25, 0.3) is 0 Å². The number of nitrogens with one attached hydrogen (secondary N) is 1. The van der Waals surface area contributed by atoms with Crippen LogP contribution in [-0.2, 0) is 11.3 Å². The van der Waals surface area contributed by atoms with Crippen molar-refractivity contribution in [1.29, 1.82) is 0 Å². The second-order valence-electron chi connectivity index (χ2n) is 7.78. The molecule has 0 bridgehead atoms. The smallest absolute Gasteiger partial charge is 0.123 e. The Kier molecular flexibility index (Phi) is 4.16. The van der Waals surface area contributed by atoms with E-state index in [4.69, 9.17) is 4.74 Å². The second kappa shape index (κ2) is 6.15. The lowest BCUT2D eigenvalue weighted by atomic mass is 9.87. The van der Waals surface area contributed by atoms with Gasteiger partial charge in [-0.25, -0.2) is 4.39 Å². The van der Waals surface area contributed by atoms with Crippen LogP contribution in [0.2, 0.25) is 0 Å². The van der Waals surface area contributed by atoms with Crippen molar-refractivity contribution in [1.82, 2.24) is 10.2 Å². The molecule has 23 heavy (non-hydrogen) atoms. The van der Waals surface area contributed by atoms with Crippen molar-refractivity contribution in [3.8, 4) is 0 Å². The number of hydrogen-bond donors (Lipinski definition) is 1. The molecule has 0 amide bonds. The van der Waals surface area contributed by atoms with Crippen molar-refractivity contribution < 1.29 is 9.13 Å². The fourth-order valence-corrected chi connectivity index (χ4v) is 4.12. The van der Waals surface area contributed by atoms with E-state index < -0.39 is 0 Å². The van der Waals surface area contributed by atoms with Crippen molar-refractivity contribution >= 4 is 0 Å². The Bertz CT molecular complexity index is 539. The van der Waals surface area contributed by atoms with E-state index in [9.17, 15) is 4.39 Å². The van der Waals surface area contributed by atoms with E-state index in [1.807, 2.05) is 12.1 Å². The number of halogens is 1. The maximum absolute atomic E-state index is 13.0. The van der Waals surface area contributed by atoms with Crippen LogP contribution >= 0.6 is 0 Å². The minimum Gasteiger partial charge on any atom is -0.373 e. The molecule has 3 atom stereocenters. The first kappa shape index (κ1) is 15.6. The van der Waals surface area contributed by atoms with Crippen LogP contribution in [0.3, 0.4) is 0 Å². The number of piperidine rings is 1. The highest BCUT2D eigenvalue weighted by atomic mass is 19.1. The van der Waals surface area contributed by atoms with Crippen molar-refractivity contribution in [3.05, 3.63) is 35.6 Å². The Morgan fingerprint density at radius 2 is 1.96 bits per heavy atom. The fraction of sp³-hybridized carbons (Fsp3) is 0.684. The highest BCUT2D eigenvalue weighted by molar-refractivity contribution is 5.16. The molecule has 126 valence electrons. The molecule has 1 unspecified atom stereocenters. The molecule has 3 fully saturated rings. The summed E-state index contributed by atoms with van der Waals surface area (Å²) in [6.45, 7) is 6.25. The summed E-state index contributed by atoms with van der Waals surface area (Å²) in [6, 6.07) is 8.17. The zero-order chi connectivity index (χ0) is 15.9. The average molecular weight is 318 g/mol. The number of rotatable bonds is 4. The lowest BCUT2D eigenvalue weighted by Crippen LogP contribution is -2.44. The van der Waals surface area contributed by atoms with E-state index >= 15 is 0 Å². The SMILES string of the molecule is C[C@@H]1C[C@H]1NC1COC2(CCN(Cc3ccc(F)cc3)CC2)C1. The van der Waals surface area contributed by atoms with E-state index in [2.05, 4.69) is 17.1 Å². The molecule has 1 aliphatic carbocycles. The summed E-state index contributed by atoms with van der Waals surface area (Å²) in [6.07, 6.45) is 4.73. The predicted octanol–water partition coefficient (Wildman–Crippen LogP) is 2.95. The van der Waals surface area contributed by atoms with Gasteiger partial charge in [0.15, 0.2) is 0 Å². The fourth-order valence-electron chi connectivity index (χ4n) is 4.12. The number of ether oxygens (including phenoxy) is 1. The second-order valence-corrected chi connectivity index (χ2v) is 7.78. The standard InChI is InChI=1S/C19H27FN2O/c1-14-10-18(14)21-17-11-19(23-13-17)6-8-22(9-7-19)12-15-2-4-16(20)5-3-15/h2-5,14,17-18,21H,6-13H2,1H3/t14-,17?,18-/m1/s1. The summed E-state index contributed by atoms with van der Waals surface area (Å²) in [5, 5.41) is 3.76. The molecule has 1 spiro atoms. The Balaban J connectivity index is 1.26. The number of benzene rings is 1. The Morgan fingerprint density at radius 1 is 1.26 bits per heavy atom. The van der Waals surface area contributed by atoms with Gasteiger partial charge in [0.2, 0.25) is 0 Å². The molecule has 2 saturated heterocycles. The van der Waals surface area contributed by atoms with Gasteiger partial charge in [0, 0.05) is 31.7 Å². The quantitative estimate of drug-likeness (QED) is 0.924. The topological polar surface area (TPSA) is 24.5 Å². The normalized spacial score (nSPS) is 33.2. The number of hydrogen-bond acceptors (Lipinski definition) is 3. The van der Waals surface area contributed by atoms with Crippen LogP contribution in [0.25, 0.3) is 0 Å². The van der Waals surface area contributed by atoms with Crippen molar-refractivity contribution in [3.63, 3.8) is 0 Å². The Morgan fingerprint density at radius 3 is 2.61 bits per heavy atom. The van der Waals surface area contributed by atoms with Gasteiger partial charge < -0.3 is 10.1 Å². The van der Waals surface area contributed by atoms with E-state index in [0.29, 0.717) is 6.04 Å². The maximum atomic E-state index is 13.0. The molecule has 4 heteroatoms. The third-order valence-corrected chi connectivity index (χ3v) is 5.86. The van der Waals surface area contributed by atoms with Crippen LogP contribution in [0.5, 0.6) is 0 Å². The van der Waals surface area contributed by atoms with E-state index in [0.717, 1.165) is 51.0 Å². The molecule has 1 aromatic rings. The van der Waals surface area contributed by atoms with Gasteiger partial charge in [0.1, 0.15) is 5.82 Å². The zero-order valence-corrected chi connectivity index (χ0v) is 13.9. The van der Waals surface area contributed by atoms with Gasteiger partial charge in [0.05, 0.1) is 12.2 Å². The summed E-state index contributed by atoms with van der Waals surface area (Å²) in [4.78, 5) is 2.46. The highest BCUT2D eigenvalue weighted by Crippen LogP contribution is 2.38. The first-order chi connectivity index (χ1) is 11.1. The first-order valence-corrected chi connectivity index (χ1v) is 8.99. The lowest BCUT2D eigenvalue weighted by Gasteiger charge is -2.38. The van der Waals surface area contributed by atoms with Crippen molar-refractivity contribution in [2.45, 2.75) is 56.8 Å². The lowest BCUT2D eigenvalue weighted by molar-refractivity contribution is -0.0449.